The molecule has 0 N–H and O–H groups in total. The number of carbonyl (C=O) groups is 2. The topological polar surface area (TPSA) is 74.3 Å². The van der Waals surface area contributed by atoms with E-state index in [1.54, 1.807) is 25.0 Å². The van der Waals surface area contributed by atoms with Crippen LogP contribution in [0.15, 0.2) is 42.5 Å². The molecule has 1 fully saturated rings. The minimum atomic E-state index is -0.170. The van der Waals surface area contributed by atoms with Gasteiger partial charge in [0.15, 0.2) is 11.5 Å². The lowest BCUT2D eigenvalue weighted by atomic mass is 9.96. The van der Waals surface area contributed by atoms with E-state index in [9.17, 15) is 9.59 Å². The van der Waals surface area contributed by atoms with Gasteiger partial charge in [0.05, 0.1) is 26.2 Å². The highest BCUT2D eigenvalue weighted by Crippen LogP contribution is 2.29. The Morgan fingerprint density at radius 1 is 0.938 bits per heavy atom. The molecular weight excluding hydrogens is 410 g/mol. The van der Waals surface area contributed by atoms with Crippen molar-refractivity contribution >= 4 is 11.9 Å². The monoisotopic (exact) mass is 441 g/mol. The molecule has 3 rings (SSSR count). The van der Waals surface area contributed by atoms with Crippen LogP contribution in [0.1, 0.15) is 42.6 Å². The summed E-state index contributed by atoms with van der Waals surface area (Å²) in [4.78, 5) is 26.9. The minimum Gasteiger partial charge on any atom is -0.493 e. The summed E-state index contributed by atoms with van der Waals surface area (Å²) in [6, 6.07) is 12.8. The summed E-state index contributed by atoms with van der Waals surface area (Å²) in [7, 11) is 1.60. The molecule has 172 valence electrons. The molecule has 0 aliphatic carbocycles. The van der Waals surface area contributed by atoms with Gasteiger partial charge in [-0.15, -0.1) is 0 Å². The number of hydrogen-bond donors (Lipinski definition) is 0. The Balaban J connectivity index is 1.71. The molecular formula is C25H31NO6. The first-order valence-electron chi connectivity index (χ1n) is 11.0. The van der Waals surface area contributed by atoms with Crippen molar-refractivity contribution in [2.45, 2.75) is 33.3 Å². The molecule has 0 spiro atoms. The summed E-state index contributed by atoms with van der Waals surface area (Å²) in [5.74, 6) is 1.58. The fraction of sp³-hybridized carbons (Fsp3) is 0.440. The lowest BCUT2D eigenvalue weighted by Gasteiger charge is -2.31. The van der Waals surface area contributed by atoms with Crippen molar-refractivity contribution in [3.05, 3.63) is 53.6 Å². The first kappa shape index (κ1) is 23.4. The number of amides is 1. The maximum Gasteiger partial charge on any atom is 0.309 e. The number of esters is 1. The molecule has 1 aliphatic rings. The second kappa shape index (κ2) is 11.4. The average Bonchev–Trinajstić information content (AvgIpc) is 2.83. The summed E-state index contributed by atoms with van der Waals surface area (Å²) in [6.07, 6.45) is 1.23. The molecule has 1 heterocycles. The zero-order valence-corrected chi connectivity index (χ0v) is 19.0. The second-order valence-electron chi connectivity index (χ2n) is 7.51. The molecule has 1 saturated heterocycles. The third-order valence-corrected chi connectivity index (χ3v) is 5.46. The van der Waals surface area contributed by atoms with Crippen LogP contribution in [0.5, 0.6) is 17.2 Å². The summed E-state index contributed by atoms with van der Waals surface area (Å²) in [6.45, 7) is 5.91. The van der Waals surface area contributed by atoms with Gasteiger partial charge in [-0.25, -0.2) is 0 Å². The van der Waals surface area contributed by atoms with Gasteiger partial charge in [0.2, 0.25) is 0 Å². The molecule has 0 radical (unpaired) electrons. The van der Waals surface area contributed by atoms with Gasteiger partial charge in [-0.2, -0.15) is 0 Å². The van der Waals surface area contributed by atoms with E-state index < -0.39 is 0 Å². The van der Waals surface area contributed by atoms with E-state index >= 15 is 0 Å². The zero-order valence-electron chi connectivity index (χ0n) is 19.0. The smallest absolute Gasteiger partial charge is 0.309 e. The third kappa shape index (κ3) is 5.72. The minimum absolute atomic E-state index is 0.0612. The van der Waals surface area contributed by atoms with Crippen LogP contribution in [-0.4, -0.2) is 50.2 Å². The molecule has 0 atom stereocenters. The highest BCUT2D eigenvalue weighted by atomic mass is 16.5. The lowest BCUT2D eigenvalue weighted by molar-refractivity contribution is -0.149. The normalized spacial score (nSPS) is 14.0. The van der Waals surface area contributed by atoms with Gasteiger partial charge < -0.3 is 23.8 Å². The van der Waals surface area contributed by atoms with Gasteiger partial charge in [0.1, 0.15) is 12.4 Å². The van der Waals surface area contributed by atoms with Crippen LogP contribution < -0.4 is 14.2 Å². The number of hydrogen-bond acceptors (Lipinski definition) is 6. The average molecular weight is 442 g/mol. The maximum absolute atomic E-state index is 13.1. The van der Waals surface area contributed by atoms with Crippen LogP contribution >= 0.6 is 0 Å². The number of piperidine rings is 1. The van der Waals surface area contributed by atoms with Crippen molar-refractivity contribution in [2.75, 3.05) is 33.4 Å². The molecule has 2 aromatic rings. The maximum atomic E-state index is 13.1. The van der Waals surface area contributed by atoms with Gasteiger partial charge in [-0.05, 0) is 57.0 Å². The summed E-state index contributed by atoms with van der Waals surface area (Å²) in [5.41, 5.74) is 1.35. The Morgan fingerprint density at radius 2 is 1.66 bits per heavy atom. The number of para-hydroxylation sites is 2. The molecule has 0 unspecified atom stereocenters. The van der Waals surface area contributed by atoms with Crippen molar-refractivity contribution in [1.29, 1.82) is 0 Å². The first-order valence-corrected chi connectivity index (χ1v) is 11.0. The standard InChI is InChI=1S/C25H31NO6/c1-4-30-21-11-10-19(16-20(21)17-32-23-9-7-6-8-22(23)29-3)24(27)26-14-12-18(13-15-26)25(28)31-5-2/h6-11,16,18H,4-5,12-15,17H2,1-3H3. The SMILES string of the molecule is CCOC(=O)C1CCN(C(=O)c2ccc(OCC)c(COc3ccccc3OC)c2)CC1. The van der Waals surface area contributed by atoms with E-state index in [4.69, 9.17) is 18.9 Å². The van der Waals surface area contributed by atoms with Crippen LogP contribution in [0.3, 0.4) is 0 Å². The van der Waals surface area contributed by atoms with E-state index in [1.807, 2.05) is 43.3 Å². The van der Waals surface area contributed by atoms with Crippen LogP contribution in [0.2, 0.25) is 0 Å². The van der Waals surface area contributed by atoms with Crippen molar-refractivity contribution in [2.24, 2.45) is 5.92 Å². The number of likely N-dealkylation sites (tertiary alicyclic amines) is 1. The second-order valence-corrected chi connectivity index (χ2v) is 7.51. The van der Waals surface area contributed by atoms with Crippen molar-refractivity contribution in [3.8, 4) is 17.2 Å². The van der Waals surface area contributed by atoms with E-state index in [0.29, 0.717) is 62.0 Å². The van der Waals surface area contributed by atoms with Crippen LogP contribution in [0.4, 0.5) is 0 Å². The van der Waals surface area contributed by atoms with Gasteiger partial charge in [0.25, 0.3) is 5.91 Å². The predicted octanol–water partition coefficient (Wildman–Crippen LogP) is 4.09. The van der Waals surface area contributed by atoms with E-state index in [0.717, 1.165) is 5.56 Å². The molecule has 1 aliphatic heterocycles. The third-order valence-electron chi connectivity index (χ3n) is 5.46. The Kier molecular flexibility index (Phi) is 8.36. The molecule has 0 saturated carbocycles. The number of methoxy groups -OCH3 is 1. The Hall–Kier alpha value is -3.22. The molecule has 32 heavy (non-hydrogen) atoms. The van der Waals surface area contributed by atoms with Crippen molar-refractivity contribution < 1.29 is 28.5 Å². The van der Waals surface area contributed by atoms with Gasteiger partial charge in [-0.1, -0.05) is 12.1 Å². The van der Waals surface area contributed by atoms with E-state index in [1.165, 1.54) is 0 Å². The Labute approximate surface area is 189 Å². The van der Waals surface area contributed by atoms with Crippen LogP contribution in [0.25, 0.3) is 0 Å². The summed E-state index contributed by atoms with van der Waals surface area (Å²) < 4.78 is 22.2. The number of nitrogens with zero attached hydrogens (tertiary/aromatic N) is 1. The molecule has 7 nitrogen and oxygen atoms in total. The van der Waals surface area contributed by atoms with E-state index in [-0.39, 0.29) is 24.4 Å². The number of ether oxygens (including phenoxy) is 4. The van der Waals surface area contributed by atoms with Gasteiger partial charge in [0, 0.05) is 24.2 Å². The van der Waals surface area contributed by atoms with Crippen LogP contribution in [0, 0.1) is 5.92 Å². The Bertz CT molecular complexity index is 920. The highest BCUT2D eigenvalue weighted by molar-refractivity contribution is 5.94. The highest BCUT2D eigenvalue weighted by Gasteiger charge is 2.29. The number of carbonyl (C=O) groups excluding carboxylic acids is 2. The lowest BCUT2D eigenvalue weighted by Crippen LogP contribution is -2.40. The molecule has 2 aromatic carbocycles. The van der Waals surface area contributed by atoms with Crippen molar-refractivity contribution in [3.63, 3.8) is 0 Å². The van der Waals surface area contributed by atoms with Crippen molar-refractivity contribution in [1.82, 2.24) is 4.90 Å². The fourth-order valence-electron chi connectivity index (χ4n) is 3.78. The quantitative estimate of drug-likeness (QED) is 0.546. The molecule has 7 heteroatoms. The Morgan fingerprint density at radius 3 is 2.31 bits per heavy atom. The summed E-state index contributed by atoms with van der Waals surface area (Å²) >= 11 is 0. The predicted molar refractivity (Wildman–Crippen MR) is 120 cm³/mol. The molecule has 0 bridgehead atoms. The van der Waals surface area contributed by atoms with Gasteiger partial charge in [-0.3, -0.25) is 9.59 Å². The van der Waals surface area contributed by atoms with E-state index in [2.05, 4.69) is 0 Å². The number of benzene rings is 2. The molecule has 1 amide bonds. The van der Waals surface area contributed by atoms with Crippen LogP contribution in [-0.2, 0) is 16.1 Å². The fourth-order valence-corrected chi connectivity index (χ4v) is 3.78. The van der Waals surface area contributed by atoms with Gasteiger partial charge >= 0.3 is 5.97 Å². The largest absolute Gasteiger partial charge is 0.493 e. The molecule has 0 aromatic heterocycles. The number of rotatable bonds is 9. The zero-order chi connectivity index (χ0) is 22.9. The summed E-state index contributed by atoms with van der Waals surface area (Å²) in [5, 5.41) is 0. The first-order chi connectivity index (χ1) is 15.6.